The van der Waals surface area contributed by atoms with Gasteiger partial charge in [-0.3, -0.25) is 4.79 Å². The van der Waals surface area contributed by atoms with E-state index in [1.54, 1.807) is 24.3 Å². The highest BCUT2D eigenvalue weighted by atomic mass is 35.5. The normalized spacial score (nSPS) is 10.4. The highest BCUT2D eigenvalue weighted by Gasteiger charge is 2.09. The maximum atomic E-state index is 11.9. The van der Waals surface area contributed by atoms with Crippen LogP contribution in [-0.4, -0.2) is 22.5 Å². The molecule has 0 radical (unpaired) electrons. The van der Waals surface area contributed by atoms with Gasteiger partial charge in [0.2, 0.25) is 5.88 Å². The predicted octanol–water partition coefficient (Wildman–Crippen LogP) is 3.30. The van der Waals surface area contributed by atoms with Crippen LogP contribution in [-0.2, 0) is 4.79 Å². The Hall–Kier alpha value is -2.66. The van der Waals surface area contributed by atoms with E-state index in [0.29, 0.717) is 16.6 Å². The first kappa shape index (κ1) is 14.3. The van der Waals surface area contributed by atoms with Gasteiger partial charge in [-0.05, 0) is 24.3 Å². The highest BCUT2D eigenvalue weighted by Crippen LogP contribution is 2.22. The summed E-state index contributed by atoms with van der Waals surface area (Å²) in [5.74, 6) is 0.0655. The molecule has 0 saturated carbocycles. The van der Waals surface area contributed by atoms with E-state index in [2.05, 4.69) is 15.3 Å². The fourth-order valence-electron chi connectivity index (χ4n) is 1.98. The van der Waals surface area contributed by atoms with E-state index >= 15 is 0 Å². The first-order valence-corrected chi connectivity index (χ1v) is 6.99. The molecule has 22 heavy (non-hydrogen) atoms. The van der Waals surface area contributed by atoms with Gasteiger partial charge in [-0.2, -0.15) is 0 Å². The maximum Gasteiger partial charge on any atom is 0.262 e. The van der Waals surface area contributed by atoms with Crippen LogP contribution in [0.1, 0.15) is 0 Å². The topological polar surface area (TPSA) is 64.1 Å². The lowest BCUT2D eigenvalue weighted by molar-refractivity contribution is -0.118. The van der Waals surface area contributed by atoms with Gasteiger partial charge in [-0.1, -0.05) is 35.9 Å². The van der Waals surface area contributed by atoms with Crippen LogP contribution < -0.4 is 10.1 Å². The molecule has 0 aliphatic heterocycles. The molecule has 1 N–H and O–H groups in total. The molecule has 0 saturated heterocycles. The molecule has 1 aromatic heterocycles. The van der Waals surface area contributed by atoms with Crippen molar-refractivity contribution in [3.05, 3.63) is 59.9 Å². The third kappa shape index (κ3) is 3.15. The molecule has 3 aromatic rings. The molecular formula is C16H12ClN3O2. The van der Waals surface area contributed by atoms with E-state index in [0.717, 1.165) is 10.9 Å². The Labute approximate surface area is 131 Å². The van der Waals surface area contributed by atoms with Crippen LogP contribution in [0, 0.1) is 0 Å². The number of anilines is 1. The zero-order chi connectivity index (χ0) is 15.4. The second-order valence-corrected chi connectivity index (χ2v) is 4.92. The van der Waals surface area contributed by atoms with Crippen LogP contribution in [0.5, 0.6) is 5.88 Å². The van der Waals surface area contributed by atoms with Crippen molar-refractivity contribution in [1.29, 1.82) is 0 Å². The van der Waals surface area contributed by atoms with Crippen LogP contribution in [0.4, 0.5) is 5.69 Å². The van der Waals surface area contributed by atoms with Crippen LogP contribution in [0.15, 0.2) is 54.9 Å². The van der Waals surface area contributed by atoms with Crippen molar-refractivity contribution in [2.75, 3.05) is 11.9 Å². The third-order valence-corrected chi connectivity index (χ3v) is 3.32. The number of ether oxygens (including phenoxy) is 1. The average molecular weight is 314 g/mol. The average Bonchev–Trinajstić information content (AvgIpc) is 2.55. The minimum atomic E-state index is -0.309. The van der Waals surface area contributed by atoms with Gasteiger partial charge in [0, 0.05) is 0 Å². The van der Waals surface area contributed by atoms with Gasteiger partial charge in [-0.25, -0.2) is 9.97 Å². The molecule has 1 amide bonds. The Kier molecular flexibility index (Phi) is 4.16. The number of hydrogen-bond acceptors (Lipinski definition) is 4. The van der Waals surface area contributed by atoms with Crippen LogP contribution in [0.3, 0.4) is 0 Å². The lowest BCUT2D eigenvalue weighted by atomic mass is 10.2. The first-order valence-electron chi connectivity index (χ1n) is 6.61. The number of benzene rings is 2. The lowest BCUT2D eigenvalue weighted by Gasteiger charge is -2.09. The molecule has 0 atom stereocenters. The number of fused-ring (bicyclic) bond motifs is 1. The molecule has 1 heterocycles. The number of rotatable bonds is 4. The fraction of sp³-hybridized carbons (Fsp3) is 0.0625. The standard InChI is InChI=1S/C16H12ClN3O2/c17-12-6-2-4-8-14(12)20-15(21)9-22-16-11-5-1-3-7-13(11)18-10-19-16/h1-8,10H,9H2,(H,20,21). The smallest absolute Gasteiger partial charge is 0.262 e. The molecule has 0 fully saturated rings. The summed E-state index contributed by atoms with van der Waals surface area (Å²) in [7, 11) is 0. The number of aromatic nitrogens is 2. The van der Waals surface area contributed by atoms with E-state index in [9.17, 15) is 4.79 Å². The second kappa shape index (κ2) is 6.41. The largest absolute Gasteiger partial charge is 0.467 e. The van der Waals surface area contributed by atoms with Crippen molar-refractivity contribution >= 4 is 34.1 Å². The Bertz CT molecular complexity index is 818. The quantitative estimate of drug-likeness (QED) is 0.802. The summed E-state index contributed by atoms with van der Waals surface area (Å²) in [6.45, 7) is -0.160. The number of amides is 1. The van der Waals surface area contributed by atoms with Crippen molar-refractivity contribution in [2.45, 2.75) is 0 Å². The minimum Gasteiger partial charge on any atom is -0.467 e. The van der Waals surface area contributed by atoms with Gasteiger partial charge in [0.25, 0.3) is 5.91 Å². The summed E-state index contributed by atoms with van der Waals surface area (Å²) in [4.78, 5) is 20.1. The van der Waals surface area contributed by atoms with Gasteiger partial charge in [0.05, 0.1) is 21.6 Å². The summed E-state index contributed by atoms with van der Waals surface area (Å²) in [6.07, 6.45) is 1.41. The number of nitrogens with one attached hydrogen (secondary N) is 1. The Morgan fingerprint density at radius 1 is 1.09 bits per heavy atom. The number of carbonyl (C=O) groups is 1. The predicted molar refractivity (Wildman–Crippen MR) is 85.1 cm³/mol. The number of para-hydroxylation sites is 2. The van der Waals surface area contributed by atoms with E-state index in [1.165, 1.54) is 6.33 Å². The molecule has 3 rings (SSSR count). The maximum absolute atomic E-state index is 11.9. The van der Waals surface area contributed by atoms with Crippen LogP contribution >= 0.6 is 11.6 Å². The SMILES string of the molecule is O=C(COc1ncnc2ccccc12)Nc1ccccc1Cl. The van der Waals surface area contributed by atoms with Crippen LogP contribution in [0.2, 0.25) is 5.02 Å². The molecule has 0 aliphatic rings. The van der Waals surface area contributed by atoms with Gasteiger partial charge < -0.3 is 10.1 Å². The summed E-state index contributed by atoms with van der Waals surface area (Å²) in [5, 5.41) is 3.92. The lowest BCUT2D eigenvalue weighted by Crippen LogP contribution is -2.20. The molecule has 5 nitrogen and oxygen atoms in total. The van der Waals surface area contributed by atoms with Crippen molar-refractivity contribution in [2.24, 2.45) is 0 Å². The number of halogens is 1. The van der Waals surface area contributed by atoms with E-state index in [-0.39, 0.29) is 12.5 Å². The first-order chi connectivity index (χ1) is 10.7. The van der Waals surface area contributed by atoms with E-state index < -0.39 is 0 Å². The van der Waals surface area contributed by atoms with Crippen molar-refractivity contribution < 1.29 is 9.53 Å². The van der Waals surface area contributed by atoms with E-state index in [4.69, 9.17) is 16.3 Å². The molecule has 2 aromatic carbocycles. The third-order valence-electron chi connectivity index (χ3n) is 2.99. The van der Waals surface area contributed by atoms with Crippen LogP contribution in [0.25, 0.3) is 10.9 Å². The molecular weight excluding hydrogens is 302 g/mol. The van der Waals surface area contributed by atoms with Crippen molar-refractivity contribution in [1.82, 2.24) is 9.97 Å². The fourth-order valence-corrected chi connectivity index (χ4v) is 2.16. The summed E-state index contributed by atoms with van der Waals surface area (Å²) >= 11 is 5.99. The molecule has 0 bridgehead atoms. The van der Waals surface area contributed by atoms with E-state index in [1.807, 2.05) is 24.3 Å². The monoisotopic (exact) mass is 313 g/mol. The van der Waals surface area contributed by atoms with Crippen molar-refractivity contribution in [3.8, 4) is 5.88 Å². The minimum absolute atomic E-state index is 0.160. The van der Waals surface area contributed by atoms with Crippen molar-refractivity contribution in [3.63, 3.8) is 0 Å². The van der Waals surface area contributed by atoms with Gasteiger partial charge in [0.1, 0.15) is 6.33 Å². The number of hydrogen-bond donors (Lipinski definition) is 1. The molecule has 0 aliphatic carbocycles. The molecule has 6 heteroatoms. The summed E-state index contributed by atoms with van der Waals surface area (Å²) in [5.41, 5.74) is 1.31. The van der Waals surface area contributed by atoms with Gasteiger partial charge in [0.15, 0.2) is 6.61 Å². The molecule has 0 spiro atoms. The highest BCUT2D eigenvalue weighted by molar-refractivity contribution is 6.33. The Morgan fingerprint density at radius 2 is 1.86 bits per heavy atom. The zero-order valence-corrected chi connectivity index (χ0v) is 12.2. The van der Waals surface area contributed by atoms with Gasteiger partial charge >= 0.3 is 0 Å². The summed E-state index contributed by atoms with van der Waals surface area (Å²) < 4.78 is 5.49. The summed E-state index contributed by atoms with van der Waals surface area (Å²) in [6, 6.07) is 14.5. The zero-order valence-electron chi connectivity index (χ0n) is 11.5. The molecule has 0 unspecified atom stereocenters. The van der Waals surface area contributed by atoms with Gasteiger partial charge in [-0.15, -0.1) is 0 Å². The second-order valence-electron chi connectivity index (χ2n) is 4.51. The molecule has 110 valence electrons. The Balaban J connectivity index is 1.69. The Morgan fingerprint density at radius 3 is 2.73 bits per heavy atom. The number of carbonyl (C=O) groups excluding carboxylic acids is 1. The number of nitrogens with zero attached hydrogens (tertiary/aromatic N) is 2.